The van der Waals surface area contributed by atoms with E-state index in [1.54, 1.807) is 12.1 Å². The normalized spacial score (nSPS) is 30.6. The summed E-state index contributed by atoms with van der Waals surface area (Å²) in [5, 5.41) is 8.55. The minimum absolute atomic E-state index is 0.264. The van der Waals surface area contributed by atoms with Crippen LogP contribution >= 0.6 is 0 Å². The van der Waals surface area contributed by atoms with Gasteiger partial charge in [0.1, 0.15) is 5.82 Å². The topological polar surface area (TPSA) is 51.8 Å². The average Bonchev–Trinajstić information content (AvgIpc) is 2.86. The van der Waals surface area contributed by atoms with E-state index in [0.717, 1.165) is 18.5 Å². The Bertz CT molecular complexity index is 700. The van der Waals surface area contributed by atoms with E-state index in [-0.39, 0.29) is 11.4 Å². The maximum atomic E-state index is 13.9. The summed E-state index contributed by atoms with van der Waals surface area (Å²) >= 11 is 0. The molecule has 20 heavy (non-hydrogen) atoms. The number of hydrogen-bond donors (Lipinski definition) is 1. The van der Waals surface area contributed by atoms with Crippen LogP contribution in [-0.2, 0) is 5.54 Å². The first-order valence-corrected chi connectivity index (χ1v) is 7.03. The van der Waals surface area contributed by atoms with Gasteiger partial charge in [-0.3, -0.25) is 0 Å². The first-order valence-electron chi connectivity index (χ1n) is 7.03. The molecule has 2 N–H and O–H groups in total. The Hall–Kier alpha value is -1.81. The lowest BCUT2D eigenvalue weighted by Gasteiger charge is -2.24. The van der Waals surface area contributed by atoms with Crippen LogP contribution in [-0.4, -0.2) is 10.2 Å². The van der Waals surface area contributed by atoms with Gasteiger partial charge < -0.3 is 5.73 Å². The van der Waals surface area contributed by atoms with Crippen LogP contribution in [0.4, 0.5) is 4.39 Å². The van der Waals surface area contributed by atoms with E-state index in [1.807, 2.05) is 12.1 Å². The highest BCUT2D eigenvalue weighted by molar-refractivity contribution is 5.61. The third-order valence-electron chi connectivity index (χ3n) is 5.10. The molecule has 1 heterocycles. The molecule has 0 saturated heterocycles. The molecule has 0 radical (unpaired) electrons. The summed E-state index contributed by atoms with van der Waals surface area (Å²) in [6.07, 6.45) is 2.06. The van der Waals surface area contributed by atoms with Crippen molar-refractivity contribution in [2.24, 2.45) is 11.7 Å². The zero-order valence-corrected chi connectivity index (χ0v) is 11.3. The number of hydrogen-bond acceptors (Lipinski definition) is 3. The van der Waals surface area contributed by atoms with Gasteiger partial charge in [-0.15, -0.1) is 0 Å². The van der Waals surface area contributed by atoms with E-state index in [1.165, 1.54) is 11.6 Å². The van der Waals surface area contributed by atoms with Crippen LogP contribution in [0, 0.1) is 11.7 Å². The second kappa shape index (κ2) is 3.85. The number of rotatable bonds is 1. The number of nitrogens with zero attached hydrogens (tertiary/aromatic N) is 2. The predicted octanol–water partition coefficient (Wildman–Crippen LogP) is 2.96. The molecular formula is C16H16FN3. The Balaban J connectivity index is 1.87. The minimum atomic E-state index is -0.333. The molecule has 2 aliphatic rings. The molecule has 1 unspecified atom stereocenters. The summed E-state index contributed by atoms with van der Waals surface area (Å²) in [5.74, 6) is 0.569. The fourth-order valence-corrected chi connectivity index (χ4v) is 3.84. The van der Waals surface area contributed by atoms with E-state index < -0.39 is 0 Å². The molecule has 0 amide bonds. The molecule has 4 heteroatoms. The zero-order valence-electron chi connectivity index (χ0n) is 11.3. The van der Waals surface area contributed by atoms with Gasteiger partial charge in [0.2, 0.25) is 0 Å². The van der Waals surface area contributed by atoms with Crippen LogP contribution < -0.4 is 5.73 Å². The molecule has 0 aliphatic heterocycles. The van der Waals surface area contributed by atoms with Crippen LogP contribution in [0.2, 0.25) is 0 Å². The molecule has 1 saturated carbocycles. The van der Waals surface area contributed by atoms with Gasteiger partial charge in [-0.1, -0.05) is 19.1 Å². The second-order valence-corrected chi connectivity index (χ2v) is 5.99. The van der Waals surface area contributed by atoms with E-state index in [0.29, 0.717) is 23.1 Å². The van der Waals surface area contributed by atoms with Crippen LogP contribution in [0.1, 0.15) is 36.9 Å². The third kappa shape index (κ3) is 1.37. The van der Waals surface area contributed by atoms with E-state index in [4.69, 9.17) is 5.73 Å². The molecule has 2 aromatic rings. The molecule has 4 rings (SSSR count). The molecule has 1 aromatic carbocycles. The van der Waals surface area contributed by atoms with Crippen LogP contribution in [0.25, 0.3) is 11.3 Å². The Kier molecular flexibility index (Phi) is 2.31. The summed E-state index contributed by atoms with van der Waals surface area (Å²) < 4.78 is 13.9. The highest BCUT2D eigenvalue weighted by Crippen LogP contribution is 2.57. The quantitative estimate of drug-likeness (QED) is 0.866. The SMILES string of the molecule is CC1[C@H]2CC[C@]1(N)c1nnc(-c3ccccc3F)cc12. The number of aromatic nitrogens is 2. The van der Waals surface area contributed by atoms with Gasteiger partial charge in [-0.2, -0.15) is 10.2 Å². The maximum Gasteiger partial charge on any atom is 0.132 e. The fourth-order valence-electron chi connectivity index (χ4n) is 3.84. The van der Waals surface area contributed by atoms with Crippen molar-refractivity contribution in [2.75, 3.05) is 0 Å². The zero-order chi connectivity index (χ0) is 13.9. The van der Waals surface area contributed by atoms with Gasteiger partial charge in [-0.05, 0) is 48.4 Å². The van der Waals surface area contributed by atoms with Gasteiger partial charge in [0.15, 0.2) is 0 Å². The van der Waals surface area contributed by atoms with E-state index >= 15 is 0 Å². The van der Waals surface area contributed by atoms with Crippen molar-refractivity contribution in [1.29, 1.82) is 0 Å². The molecular weight excluding hydrogens is 253 g/mol. The molecule has 0 spiro atoms. The molecule has 102 valence electrons. The maximum absolute atomic E-state index is 13.9. The Morgan fingerprint density at radius 1 is 1.30 bits per heavy atom. The molecule has 1 fully saturated rings. The Morgan fingerprint density at radius 3 is 2.90 bits per heavy atom. The standard InChI is InChI=1S/C16H16FN3/c1-9-10-6-7-16(9,18)15-12(10)8-14(19-20-15)11-4-2-3-5-13(11)17/h2-5,8-10H,6-7,18H2,1H3/t9?,10-,16-/m1/s1. The smallest absolute Gasteiger partial charge is 0.132 e. The van der Waals surface area contributed by atoms with E-state index in [9.17, 15) is 4.39 Å². The Labute approximate surface area is 117 Å². The first kappa shape index (κ1) is 12.0. The highest BCUT2D eigenvalue weighted by atomic mass is 19.1. The summed E-state index contributed by atoms with van der Waals surface area (Å²) in [5.41, 5.74) is 9.35. The average molecular weight is 269 g/mol. The molecule has 3 atom stereocenters. The summed E-state index contributed by atoms with van der Waals surface area (Å²) in [6.45, 7) is 2.18. The van der Waals surface area contributed by atoms with Crippen LogP contribution in [0.5, 0.6) is 0 Å². The van der Waals surface area contributed by atoms with Crippen molar-refractivity contribution in [2.45, 2.75) is 31.2 Å². The highest BCUT2D eigenvalue weighted by Gasteiger charge is 2.54. The minimum Gasteiger partial charge on any atom is -0.320 e. The molecule has 2 aliphatic carbocycles. The van der Waals surface area contributed by atoms with Gasteiger partial charge in [0, 0.05) is 5.56 Å². The third-order valence-corrected chi connectivity index (χ3v) is 5.10. The van der Waals surface area contributed by atoms with Crippen LogP contribution in [0.15, 0.2) is 30.3 Å². The van der Waals surface area contributed by atoms with Crippen molar-refractivity contribution in [1.82, 2.24) is 10.2 Å². The molecule has 2 bridgehead atoms. The van der Waals surface area contributed by atoms with Crippen molar-refractivity contribution in [3.05, 3.63) is 47.4 Å². The van der Waals surface area contributed by atoms with Gasteiger partial charge in [0.25, 0.3) is 0 Å². The number of fused-ring (bicyclic) bond motifs is 5. The number of benzene rings is 1. The first-order chi connectivity index (χ1) is 9.61. The lowest BCUT2D eigenvalue weighted by molar-refractivity contribution is 0.354. The molecule has 1 aromatic heterocycles. The number of halogens is 1. The fraction of sp³-hybridized carbons (Fsp3) is 0.375. The largest absolute Gasteiger partial charge is 0.320 e. The lowest BCUT2D eigenvalue weighted by Crippen LogP contribution is -2.38. The van der Waals surface area contributed by atoms with Crippen molar-refractivity contribution < 1.29 is 4.39 Å². The Morgan fingerprint density at radius 2 is 2.10 bits per heavy atom. The monoisotopic (exact) mass is 269 g/mol. The predicted molar refractivity (Wildman–Crippen MR) is 74.4 cm³/mol. The summed E-state index contributed by atoms with van der Waals surface area (Å²) in [7, 11) is 0. The lowest BCUT2D eigenvalue weighted by atomic mass is 9.90. The van der Waals surface area contributed by atoms with Crippen molar-refractivity contribution >= 4 is 0 Å². The second-order valence-electron chi connectivity index (χ2n) is 5.99. The van der Waals surface area contributed by atoms with Crippen LogP contribution in [0.3, 0.4) is 0 Å². The summed E-state index contributed by atoms with van der Waals surface area (Å²) in [4.78, 5) is 0. The van der Waals surface area contributed by atoms with Crippen molar-refractivity contribution in [3.8, 4) is 11.3 Å². The van der Waals surface area contributed by atoms with E-state index in [2.05, 4.69) is 17.1 Å². The summed E-state index contributed by atoms with van der Waals surface area (Å²) in [6, 6.07) is 8.66. The van der Waals surface area contributed by atoms with Crippen molar-refractivity contribution in [3.63, 3.8) is 0 Å². The number of nitrogens with two attached hydrogens (primary N) is 1. The van der Waals surface area contributed by atoms with Gasteiger partial charge in [-0.25, -0.2) is 4.39 Å². The van der Waals surface area contributed by atoms with Gasteiger partial charge in [0.05, 0.1) is 16.9 Å². The molecule has 3 nitrogen and oxygen atoms in total. The van der Waals surface area contributed by atoms with Gasteiger partial charge >= 0.3 is 0 Å².